The van der Waals surface area contributed by atoms with Crippen molar-refractivity contribution in [2.45, 2.75) is 13.8 Å². The van der Waals surface area contributed by atoms with Crippen LogP contribution in [0.1, 0.15) is 27.0 Å². The van der Waals surface area contributed by atoms with Gasteiger partial charge in [-0.25, -0.2) is 0 Å². The van der Waals surface area contributed by atoms with Gasteiger partial charge in [-0.3, -0.25) is 9.59 Å². The molecule has 0 spiro atoms. The molecular formula is C24H21ClN2O2. The minimum Gasteiger partial charge on any atom is -0.321 e. The lowest BCUT2D eigenvalue weighted by molar-refractivity contribution is -0.113. The predicted molar refractivity (Wildman–Crippen MR) is 118 cm³/mol. The number of carbonyl (C=O) groups is 2. The van der Waals surface area contributed by atoms with E-state index >= 15 is 0 Å². The highest BCUT2D eigenvalue weighted by Crippen LogP contribution is 2.15. The van der Waals surface area contributed by atoms with Crippen LogP contribution in [-0.2, 0) is 4.79 Å². The quantitative estimate of drug-likeness (QED) is 0.562. The Labute approximate surface area is 175 Å². The molecule has 0 radical (unpaired) electrons. The maximum absolute atomic E-state index is 12.9. The first-order valence-corrected chi connectivity index (χ1v) is 9.52. The Morgan fingerprint density at radius 2 is 1.52 bits per heavy atom. The summed E-state index contributed by atoms with van der Waals surface area (Å²) in [6.45, 7) is 3.82. The molecule has 0 atom stereocenters. The number of hydrogen-bond donors (Lipinski definition) is 2. The summed E-state index contributed by atoms with van der Waals surface area (Å²) in [4.78, 5) is 25.7. The summed E-state index contributed by atoms with van der Waals surface area (Å²) >= 11 is 5.94. The summed E-state index contributed by atoms with van der Waals surface area (Å²) in [7, 11) is 0. The number of hydrogen-bond acceptors (Lipinski definition) is 2. The molecular weight excluding hydrogens is 384 g/mol. The Kier molecular flexibility index (Phi) is 6.47. The molecule has 0 saturated heterocycles. The van der Waals surface area contributed by atoms with Crippen molar-refractivity contribution in [2.24, 2.45) is 0 Å². The van der Waals surface area contributed by atoms with Gasteiger partial charge in [0.2, 0.25) is 0 Å². The molecule has 0 aliphatic heterocycles. The monoisotopic (exact) mass is 404 g/mol. The summed E-state index contributed by atoms with van der Waals surface area (Å²) in [5.41, 5.74) is 3.96. The molecule has 2 N–H and O–H groups in total. The lowest BCUT2D eigenvalue weighted by Crippen LogP contribution is -2.31. The molecule has 29 heavy (non-hydrogen) atoms. The third-order valence-corrected chi connectivity index (χ3v) is 4.62. The van der Waals surface area contributed by atoms with Crippen LogP contribution in [0.15, 0.2) is 78.5 Å². The number of nitrogens with one attached hydrogen (secondary N) is 2. The molecule has 0 saturated carbocycles. The van der Waals surface area contributed by atoms with Crippen LogP contribution in [0.2, 0.25) is 5.02 Å². The van der Waals surface area contributed by atoms with E-state index < -0.39 is 5.91 Å². The fraction of sp³-hybridized carbons (Fsp3) is 0.0833. The Morgan fingerprint density at radius 3 is 2.17 bits per heavy atom. The molecule has 3 aromatic carbocycles. The number of amides is 2. The zero-order chi connectivity index (χ0) is 20.8. The van der Waals surface area contributed by atoms with Crippen LogP contribution < -0.4 is 10.6 Å². The van der Waals surface area contributed by atoms with Gasteiger partial charge in [0.1, 0.15) is 5.70 Å². The highest BCUT2D eigenvalue weighted by molar-refractivity contribution is 6.30. The molecule has 3 aromatic rings. The minimum absolute atomic E-state index is 0.140. The van der Waals surface area contributed by atoms with Gasteiger partial charge < -0.3 is 10.6 Å². The molecule has 5 heteroatoms. The van der Waals surface area contributed by atoms with Crippen molar-refractivity contribution in [3.8, 4) is 0 Å². The number of anilines is 1. The topological polar surface area (TPSA) is 58.2 Å². The first-order valence-electron chi connectivity index (χ1n) is 9.14. The molecule has 0 heterocycles. The van der Waals surface area contributed by atoms with Gasteiger partial charge in [0.25, 0.3) is 11.8 Å². The maximum Gasteiger partial charge on any atom is 0.272 e. The fourth-order valence-electron chi connectivity index (χ4n) is 2.74. The van der Waals surface area contributed by atoms with Gasteiger partial charge in [0.15, 0.2) is 0 Å². The third kappa shape index (κ3) is 5.56. The van der Waals surface area contributed by atoms with E-state index in [1.54, 1.807) is 42.5 Å². The summed E-state index contributed by atoms with van der Waals surface area (Å²) < 4.78 is 0. The third-order valence-electron chi connectivity index (χ3n) is 4.37. The van der Waals surface area contributed by atoms with Gasteiger partial charge in [-0.05, 0) is 61.4 Å². The molecule has 146 valence electrons. The Hall–Kier alpha value is -3.37. The standard InChI is InChI=1S/C24H21ClN2O2/c1-16-7-13-20(14-8-16)26-24(29)22(15-18-9-11-19(25)12-10-18)27-23(28)21-6-4-3-5-17(21)2/h3-15H,1-2H3,(H,26,29)(H,27,28)/b22-15+. The van der Waals surface area contributed by atoms with Crippen molar-refractivity contribution in [1.82, 2.24) is 5.32 Å². The highest BCUT2D eigenvalue weighted by Gasteiger charge is 2.16. The van der Waals surface area contributed by atoms with E-state index in [0.717, 1.165) is 16.7 Å². The second-order valence-electron chi connectivity index (χ2n) is 6.70. The van der Waals surface area contributed by atoms with E-state index in [-0.39, 0.29) is 11.6 Å². The molecule has 0 unspecified atom stereocenters. The van der Waals surface area contributed by atoms with Crippen molar-refractivity contribution < 1.29 is 9.59 Å². The van der Waals surface area contributed by atoms with E-state index in [9.17, 15) is 9.59 Å². The first kappa shape index (κ1) is 20.4. The fourth-order valence-corrected chi connectivity index (χ4v) is 2.86. The molecule has 4 nitrogen and oxygen atoms in total. The van der Waals surface area contributed by atoms with Gasteiger partial charge in [-0.15, -0.1) is 0 Å². The van der Waals surface area contributed by atoms with Gasteiger partial charge in [-0.1, -0.05) is 59.6 Å². The molecule has 0 aromatic heterocycles. The molecule has 0 fully saturated rings. The van der Waals surface area contributed by atoms with Crippen molar-refractivity contribution in [3.05, 3.63) is 106 Å². The number of aryl methyl sites for hydroxylation is 2. The smallest absolute Gasteiger partial charge is 0.272 e. The van der Waals surface area contributed by atoms with E-state index in [1.807, 2.05) is 50.2 Å². The Balaban J connectivity index is 1.89. The average Bonchev–Trinajstić information content (AvgIpc) is 2.71. The van der Waals surface area contributed by atoms with Crippen molar-refractivity contribution >= 4 is 35.2 Å². The Bertz CT molecular complexity index is 1050. The summed E-state index contributed by atoms with van der Waals surface area (Å²) in [6.07, 6.45) is 1.62. The summed E-state index contributed by atoms with van der Waals surface area (Å²) in [6, 6.07) is 21.7. The van der Waals surface area contributed by atoms with Crippen LogP contribution in [-0.4, -0.2) is 11.8 Å². The van der Waals surface area contributed by atoms with Gasteiger partial charge in [0.05, 0.1) is 0 Å². The van der Waals surface area contributed by atoms with E-state index in [4.69, 9.17) is 11.6 Å². The first-order chi connectivity index (χ1) is 13.9. The molecule has 2 amide bonds. The van der Waals surface area contributed by atoms with Crippen molar-refractivity contribution in [1.29, 1.82) is 0 Å². The van der Waals surface area contributed by atoms with Crippen LogP contribution in [0.4, 0.5) is 5.69 Å². The van der Waals surface area contributed by atoms with Crippen molar-refractivity contribution in [3.63, 3.8) is 0 Å². The summed E-state index contributed by atoms with van der Waals surface area (Å²) in [5, 5.41) is 6.16. The lowest BCUT2D eigenvalue weighted by Gasteiger charge is -2.12. The number of rotatable bonds is 5. The van der Waals surface area contributed by atoms with E-state index in [0.29, 0.717) is 16.3 Å². The zero-order valence-corrected chi connectivity index (χ0v) is 17.0. The normalized spacial score (nSPS) is 11.1. The minimum atomic E-state index is -0.411. The summed E-state index contributed by atoms with van der Waals surface area (Å²) in [5.74, 6) is -0.756. The average molecular weight is 405 g/mol. The highest BCUT2D eigenvalue weighted by atomic mass is 35.5. The molecule has 0 bridgehead atoms. The van der Waals surface area contributed by atoms with Gasteiger partial charge in [-0.2, -0.15) is 0 Å². The second-order valence-corrected chi connectivity index (χ2v) is 7.14. The largest absolute Gasteiger partial charge is 0.321 e. The predicted octanol–water partition coefficient (Wildman–Crippen LogP) is 5.37. The lowest BCUT2D eigenvalue weighted by atomic mass is 10.1. The Morgan fingerprint density at radius 1 is 0.862 bits per heavy atom. The number of benzene rings is 3. The molecule has 3 rings (SSSR count). The van der Waals surface area contributed by atoms with Crippen LogP contribution in [0, 0.1) is 13.8 Å². The van der Waals surface area contributed by atoms with Crippen LogP contribution in [0.25, 0.3) is 6.08 Å². The SMILES string of the molecule is Cc1ccc(NC(=O)/C(=C\c2ccc(Cl)cc2)NC(=O)c2ccccc2C)cc1. The number of halogens is 1. The van der Waals surface area contributed by atoms with Crippen LogP contribution in [0.3, 0.4) is 0 Å². The van der Waals surface area contributed by atoms with Crippen LogP contribution in [0.5, 0.6) is 0 Å². The molecule has 0 aliphatic carbocycles. The van der Waals surface area contributed by atoms with Crippen LogP contribution >= 0.6 is 11.6 Å². The van der Waals surface area contributed by atoms with Gasteiger partial charge in [0, 0.05) is 16.3 Å². The molecule has 0 aliphatic rings. The maximum atomic E-state index is 12.9. The van der Waals surface area contributed by atoms with E-state index in [1.165, 1.54) is 0 Å². The van der Waals surface area contributed by atoms with Crippen molar-refractivity contribution in [2.75, 3.05) is 5.32 Å². The van der Waals surface area contributed by atoms with E-state index in [2.05, 4.69) is 10.6 Å². The second kappa shape index (κ2) is 9.22. The van der Waals surface area contributed by atoms with Gasteiger partial charge >= 0.3 is 0 Å². The number of carbonyl (C=O) groups excluding carboxylic acids is 2. The zero-order valence-electron chi connectivity index (χ0n) is 16.2.